The number of aryl methyl sites for hydroxylation is 1. The van der Waals surface area contributed by atoms with Gasteiger partial charge in [0.05, 0.1) is 13.2 Å². The fraction of sp³-hybridized carbons (Fsp3) is 0.526. The van der Waals surface area contributed by atoms with Gasteiger partial charge in [0.1, 0.15) is 0 Å². The van der Waals surface area contributed by atoms with Crippen LogP contribution < -0.4 is 0 Å². The zero-order valence-electron chi connectivity index (χ0n) is 13.3. The highest BCUT2D eigenvalue weighted by atomic mass is 16.7. The van der Waals surface area contributed by atoms with Gasteiger partial charge in [-0.3, -0.25) is 4.79 Å². The minimum Gasteiger partial charge on any atom is -0.344 e. The van der Waals surface area contributed by atoms with E-state index in [0.29, 0.717) is 24.7 Å². The van der Waals surface area contributed by atoms with Crippen LogP contribution in [0.25, 0.3) is 0 Å². The number of ketones is 1. The van der Waals surface area contributed by atoms with Crippen molar-refractivity contribution in [2.75, 3.05) is 13.2 Å². The largest absolute Gasteiger partial charge is 0.344 e. The summed E-state index contributed by atoms with van der Waals surface area (Å²) in [5.74, 6) is 5.56. The highest BCUT2D eigenvalue weighted by Gasteiger charge is 2.34. The number of hydrogen-bond donors (Lipinski definition) is 0. The van der Waals surface area contributed by atoms with E-state index in [1.165, 1.54) is 12.8 Å². The third kappa shape index (κ3) is 3.09. The molecule has 1 saturated carbocycles. The number of benzene rings is 1. The molecule has 2 aliphatic rings. The van der Waals surface area contributed by atoms with E-state index in [2.05, 4.69) is 11.8 Å². The number of carbonyl (C=O) groups is 1. The van der Waals surface area contributed by atoms with Gasteiger partial charge in [-0.25, -0.2) is 0 Å². The van der Waals surface area contributed by atoms with Crippen LogP contribution in [-0.2, 0) is 15.3 Å². The Morgan fingerprint density at radius 2 is 1.91 bits per heavy atom. The fourth-order valence-corrected chi connectivity index (χ4v) is 3.29. The molecule has 0 radical (unpaired) electrons. The van der Waals surface area contributed by atoms with E-state index in [4.69, 9.17) is 9.47 Å². The fourth-order valence-electron chi connectivity index (χ4n) is 3.29. The molecule has 22 heavy (non-hydrogen) atoms. The second kappa shape index (κ2) is 6.24. The van der Waals surface area contributed by atoms with E-state index in [-0.39, 0.29) is 5.78 Å². The van der Waals surface area contributed by atoms with Crippen molar-refractivity contribution in [3.05, 3.63) is 34.9 Å². The molecule has 2 fully saturated rings. The summed E-state index contributed by atoms with van der Waals surface area (Å²) in [7, 11) is 0. The van der Waals surface area contributed by atoms with Crippen molar-refractivity contribution in [1.82, 2.24) is 0 Å². The molecule has 1 aromatic rings. The monoisotopic (exact) mass is 298 g/mol. The van der Waals surface area contributed by atoms with Gasteiger partial charge in [0.15, 0.2) is 5.79 Å². The average molecular weight is 298 g/mol. The van der Waals surface area contributed by atoms with Crippen molar-refractivity contribution in [3.8, 4) is 11.8 Å². The van der Waals surface area contributed by atoms with Crippen molar-refractivity contribution in [1.29, 1.82) is 0 Å². The Kier molecular flexibility index (Phi) is 4.33. The van der Waals surface area contributed by atoms with Crippen LogP contribution in [0.2, 0.25) is 0 Å². The summed E-state index contributed by atoms with van der Waals surface area (Å²) in [5, 5.41) is 0. The summed E-state index contributed by atoms with van der Waals surface area (Å²) in [6.07, 6.45) is 4.73. The molecule has 0 amide bonds. The molecule has 116 valence electrons. The molecular weight excluding hydrogens is 276 g/mol. The van der Waals surface area contributed by atoms with Gasteiger partial charge in [-0.15, -0.1) is 0 Å². The van der Waals surface area contributed by atoms with Gasteiger partial charge < -0.3 is 9.47 Å². The van der Waals surface area contributed by atoms with Gasteiger partial charge in [-0.2, -0.15) is 0 Å². The summed E-state index contributed by atoms with van der Waals surface area (Å²) in [6.45, 7) is 5.10. The van der Waals surface area contributed by atoms with Gasteiger partial charge in [-0.05, 0) is 50.3 Å². The highest BCUT2D eigenvalue weighted by Crippen LogP contribution is 2.33. The van der Waals surface area contributed by atoms with Crippen molar-refractivity contribution in [3.63, 3.8) is 0 Å². The third-order valence-corrected chi connectivity index (χ3v) is 4.56. The maximum absolute atomic E-state index is 12.2. The lowest BCUT2D eigenvalue weighted by molar-refractivity contribution is -0.150. The Hall–Kier alpha value is -1.63. The number of ether oxygens (including phenoxy) is 2. The summed E-state index contributed by atoms with van der Waals surface area (Å²) in [5.41, 5.74) is 2.62. The Morgan fingerprint density at radius 1 is 1.23 bits per heavy atom. The quantitative estimate of drug-likeness (QED) is 0.475. The highest BCUT2D eigenvalue weighted by molar-refractivity contribution is 6.09. The van der Waals surface area contributed by atoms with Gasteiger partial charge in [-0.1, -0.05) is 24.8 Å². The molecule has 0 atom stereocenters. The number of Topliss-reactive ketones (excluding diaryl/α,β-unsaturated/α-hetero) is 1. The Bertz CT molecular complexity index is 624. The van der Waals surface area contributed by atoms with E-state index >= 15 is 0 Å². The smallest absolute Gasteiger partial charge is 0.235 e. The molecule has 3 heteroatoms. The van der Waals surface area contributed by atoms with Crippen LogP contribution in [0.4, 0.5) is 0 Å². The van der Waals surface area contributed by atoms with Crippen LogP contribution in [0.15, 0.2) is 18.2 Å². The van der Waals surface area contributed by atoms with Gasteiger partial charge in [0.25, 0.3) is 0 Å². The number of hydrogen-bond acceptors (Lipinski definition) is 3. The van der Waals surface area contributed by atoms with Gasteiger partial charge in [0.2, 0.25) is 5.78 Å². The molecule has 3 nitrogen and oxygen atoms in total. The first-order valence-electron chi connectivity index (χ1n) is 8.03. The average Bonchev–Trinajstić information content (AvgIpc) is 3.16. The molecule has 1 aromatic carbocycles. The van der Waals surface area contributed by atoms with Crippen LogP contribution in [-0.4, -0.2) is 19.0 Å². The molecule has 1 saturated heterocycles. The molecule has 0 N–H and O–H groups in total. The maximum Gasteiger partial charge on any atom is 0.235 e. The number of carbonyl (C=O) groups excluding carboxylic acids is 1. The van der Waals surface area contributed by atoms with Crippen LogP contribution in [0.5, 0.6) is 0 Å². The van der Waals surface area contributed by atoms with Crippen molar-refractivity contribution >= 4 is 5.78 Å². The SMILES string of the molecule is Cc1cc(C(=O)C#CC2CCCC2)ccc1C1(C)OCCO1. The Labute approximate surface area is 132 Å². The lowest BCUT2D eigenvalue weighted by Crippen LogP contribution is -2.23. The first kappa shape index (κ1) is 15.3. The predicted molar refractivity (Wildman–Crippen MR) is 84.5 cm³/mol. The predicted octanol–water partition coefficient (Wildman–Crippen LogP) is 3.59. The van der Waals surface area contributed by atoms with E-state index in [1.54, 1.807) is 0 Å². The van der Waals surface area contributed by atoms with E-state index < -0.39 is 5.79 Å². The van der Waals surface area contributed by atoms with Crippen LogP contribution in [0.3, 0.4) is 0 Å². The Morgan fingerprint density at radius 3 is 2.55 bits per heavy atom. The third-order valence-electron chi connectivity index (χ3n) is 4.56. The van der Waals surface area contributed by atoms with E-state index in [0.717, 1.165) is 24.0 Å². The maximum atomic E-state index is 12.2. The van der Waals surface area contributed by atoms with E-state index in [9.17, 15) is 4.79 Å². The minimum absolute atomic E-state index is 0.0973. The topological polar surface area (TPSA) is 35.5 Å². The molecule has 0 spiro atoms. The number of rotatable bonds is 2. The molecule has 0 unspecified atom stereocenters. The standard InChI is InChI=1S/C19H22O3/c1-14-13-16(18(20)10-7-15-5-3-4-6-15)8-9-17(14)19(2)21-11-12-22-19/h8-9,13,15H,3-6,11-12H2,1-2H3. The molecule has 1 aliphatic heterocycles. The molecule has 0 aromatic heterocycles. The normalized spacial score (nSPS) is 20.6. The minimum atomic E-state index is -0.693. The summed E-state index contributed by atoms with van der Waals surface area (Å²) in [4.78, 5) is 12.2. The van der Waals surface area contributed by atoms with Crippen molar-refractivity contribution < 1.29 is 14.3 Å². The Balaban J connectivity index is 1.78. The van der Waals surface area contributed by atoms with E-state index in [1.807, 2.05) is 32.0 Å². The van der Waals surface area contributed by atoms with Crippen LogP contribution in [0, 0.1) is 24.7 Å². The zero-order chi connectivity index (χ0) is 15.6. The van der Waals surface area contributed by atoms with Crippen molar-refractivity contribution in [2.24, 2.45) is 5.92 Å². The molecule has 1 aliphatic carbocycles. The van der Waals surface area contributed by atoms with Crippen LogP contribution in [0.1, 0.15) is 54.1 Å². The first-order chi connectivity index (χ1) is 10.6. The molecule has 1 heterocycles. The first-order valence-corrected chi connectivity index (χ1v) is 8.03. The van der Waals surface area contributed by atoms with Gasteiger partial charge in [0, 0.05) is 17.0 Å². The van der Waals surface area contributed by atoms with Gasteiger partial charge >= 0.3 is 0 Å². The summed E-state index contributed by atoms with van der Waals surface area (Å²) >= 11 is 0. The lowest BCUT2D eigenvalue weighted by Gasteiger charge is -2.24. The van der Waals surface area contributed by atoms with Crippen LogP contribution >= 0.6 is 0 Å². The lowest BCUT2D eigenvalue weighted by atomic mass is 9.97. The second-order valence-corrected chi connectivity index (χ2v) is 6.25. The van der Waals surface area contributed by atoms with Crippen molar-refractivity contribution in [2.45, 2.75) is 45.3 Å². The molecule has 3 rings (SSSR count). The zero-order valence-corrected chi connectivity index (χ0v) is 13.3. The second-order valence-electron chi connectivity index (χ2n) is 6.25. The summed E-state index contributed by atoms with van der Waals surface area (Å²) < 4.78 is 11.4. The molecular formula is C19H22O3. The summed E-state index contributed by atoms with van der Waals surface area (Å²) in [6, 6.07) is 5.63. The molecule has 0 bridgehead atoms.